The molecule has 0 unspecified atom stereocenters. The third-order valence-corrected chi connectivity index (χ3v) is 2.32. The van der Waals surface area contributed by atoms with Gasteiger partial charge in [-0.2, -0.15) is 0 Å². The lowest BCUT2D eigenvalue weighted by molar-refractivity contribution is -0.130. The van der Waals surface area contributed by atoms with Crippen molar-refractivity contribution in [3.63, 3.8) is 0 Å². The first-order valence-electron chi connectivity index (χ1n) is 4.33. The van der Waals surface area contributed by atoms with Crippen LogP contribution in [-0.2, 0) is 9.59 Å². The third-order valence-electron chi connectivity index (χ3n) is 2.32. The minimum atomic E-state index is -0.623. The lowest BCUT2D eigenvalue weighted by Gasteiger charge is -2.29. The maximum absolute atomic E-state index is 11.2. The van der Waals surface area contributed by atoms with Crippen LogP contribution in [0.15, 0.2) is 0 Å². The van der Waals surface area contributed by atoms with Gasteiger partial charge < -0.3 is 5.32 Å². The lowest BCUT2D eigenvalue weighted by atomic mass is 10.2. The molecule has 3 N–H and O–H groups in total. The second kappa shape index (κ2) is 3.31. The number of carbonyl (C=O) groups is 2. The zero-order chi connectivity index (χ0) is 9.26. The molecule has 0 spiro atoms. The summed E-state index contributed by atoms with van der Waals surface area (Å²) in [6.45, 7) is 3.14. The number of rotatable bonds is 1. The van der Waals surface area contributed by atoms with Crippen LogP contribution in [0.3, 0.4) is 0 Å². The molecule has 0 bridgehead atoms. The first kappa shape index (κ1) is 8.46. The average molecular weight is 184 g/mol. The molecule has 2 heterocycles. The van der Waals surface area contributed by atoms with E-state index in [0.717, 1.165) is 26.2 Å². The van der Waals surface area contributed by atoms with Gasteiger partial charge in [0.1, 0.15) is 0 Å². The second-order valence-electron chi connectivity index (χ2n) is 3.17. The van der Waals surface area contributed by atoms with E-state index in [1.54, 1.807) is 0 Å². The number of hydrogen-bond acceptors (Lipinski definition) is 4. The highest BCUT2D eigenvalue weighted by molar-refractivity contribution is 6.09. The Hall–Kier alpha value is -1.14. The molecule has 0 aromatic heterocycles. The van der Waals surface area contributed by atoms with E-state index in [4.69, 9.17) is 0 Å². The molecule has 2 fully saturated rings. The monoisotopic (exact) mass is 184 g/mol. The average Bonchev–Trinajstić information content (AvgIpc) is 2.48. The van der Waals surface area contributed by atoms with Gasteiger partial charge in [-0.1, -0.05) is 0 Å². The highest BCUT2D eigenvalue weighted by Gasteiger charge is 2.38. The lowest BCUT2D eigenvalue weighted by Crippen LogP contribution is -2.53. The van der Waals surface area contributed by atoms with E-state index in [1.807, 2.05) is 4.90 Å². The smallest absolute Gasteiger partial charge is 0.265 e. The quantitative estimate of drug-likeness (QED) is 0.391. The van der Waals surface area contributed by atoms with Crippen molar-refractivity contribution in [3.05, 3.63) is 0 Å². The van der Waals surface area contributed by atoms with Crippen molar-refractivity contribution in [2.24, 2.45) is 0 Å². The van der Waals surface area contributed by atoms with Crippen molar-refractivity contribution in [1.82, 2.24) is 21.1 Å². The summed E-state index contributed by atoms with van der Waals surface area (Å²) < 4.78 is 0. The maximum atomic E-state index is 11.2. The minimum absolute atomic E-state index is 0.244. The van der Waals surface area contributed by atoms with E-state index in [2.05, 4.69) is 16.2 Å². The van der Waals surface area contributed by atoms with Crippen LogP contribution in [0.4, 0.5) is 0 Å². The number of hydrogen-bond donors (Lipinski definition) is 3. The van der Waals surface area contributed by atoms with E-state index < -0.39 is 6.04 Å². The van der Waals surface area contributed by atoms with Crippen molar-refractivity contribution < 1.29 is 9.59 Å². The molecular formula is C7H12N4O2. The number of amides is 2. The Morgan fingerprint density at radius 3 is 2.15 bits per heavy atom. The Morgan fingerprint density at radius 2 is 1.62 bits per heavy atom. The summed E-state index contributed by atoms with van der Waals surface area (Å²) in [6, 6.07) is -0.623. The highest BCUT2D eigenvalue weighted by atomic mass is 16.2. The van der Waals surface area contributed by atoms with Crippen LogP contribution in [-0.4, -0.2) is 48.9 Å². The zero-order valence-corrected chi connectivity index (χ0v) is 7.17. The van der Waals surface area contributed by atoms with Crippen molar-refractivity contribution in [3.8, 4) is 0 Å². The van der Waals surface area contributed by atoms with Crippen molar-refractivity contribution in [2.75, 3.05) is 26.2 Å². The van der Waals surface area contributed by atoms with Gasteiger partial charge in [0.2, 0.25) is 0 Å². The number of hydrazine groups is 1. The molecule has 0 aromatic carbocycles. The first-order chi connectivity index (χ1) is 6.29. The normalized spacial score (nSPS) is 25.8. The van der Waals surface area contributed by atoms with Gasteiger partial charge in [-0.15, -0.1) is 0 Å². The molecule has 0 saturated carbocycles. The van der Waals surface area contributed by atoms with Gasteiger partial charge in [-0.05, 0) is 0 Å². The fraction of sp³-hybridized carbons (Fsp3) is 0.714. The summed E-state index contributed by atoms with van der Waals surface area (Å²) in [4.78, 5) is 24.3. The Kier molecular flexibility index (Phi) is 2.15. The van der Waals surface area contributed by atoms with E-state index in [-0.39, 0.29) is 11.8 Å². The second-order valence-corrected chi connectivity index (χ2v) is 3.17. The summed E-state index contributed by atoms with van der Waals surface area (Å²) in [7, 11) is 0. The van der Waals surface area contributed by atoms with Gasteiger partial charge in [0.05, 0.1) is 0 Å². The predicted molar refractivity (Wildman–Crippen MR) is 44.5 cm³/mol. The van der Waals surface area contributed by atoms with Gasteiger partial charge in [0.15, 0.2) is 6.04 Å². The summed E-state index contributed by atoms with van der Waals surface area (Å²) in [6.07, 6.45) is 0. The van der Waals surface area contributed by atoms with Gasteiger partial charge in [0, 0.05) is 26.2 Å². The fourth-order valence-corrected chi connectivity index (χ4v) is 1.65. The van der Waals surface area contributed by atoms with Crippen molar-refractivity contribution in [1.29, 1.82) is 0 Å². The summed E-state index contributed by atoms with van der Waals surface area (Å²) in [5.74, 6) is -0.487. The molecule has 0 atom stereocenters. The van der Waals surface area contributed by atoms with Crippen LogP contribution in [0.25, 0.3) is 0 Å². The van der Waals surface area contributed by atoms with Gasteiger partial charge >= 0.3 is 0 Å². The molecule has 6 heteroatoms. The van der Waals surface area contributed by atoms with Crippen LogP contribution in [0.2, 0.25) is 0 Å². The molecule has 2 saturated heterocycles. The summed E-state index contributed by atoms with van der Waals surface area (Å²) in [5.41, 5.74) is 4.63. The molecule has 2 amide bonds. The largest absolute Gasteiger partial charge is 0.314 e. The molecule has 6 nitrogen and oxygen atoms in total. The van der Waals surface area contributed by atoms with E-state index in [9.17, 15) is 9.59 Å². The van der Waals surface area contributed by atoms with Gasteiger partial charge in [-0.3, -0.25) is 25.3 Å². The van der Waals surface area contributed by atoms with E-state index >= 15 is 0 Å². The van der Waals surface area contributed by atoms with Crippen LogP contribution in [0, 0.1) is 0 Å². The number of nitrogens with one attached hydrogen (secondary N) is 3. The number of piperazine rings is 1. The van der Waals surface area contributed by atoms with Crippen molar-refractivity contribution in [2.45, 2.75) is 6.04 Å². The molecule has 13 heavy (non-hydrogen) atoms. The van der Waals surface area contributed by atoms with Gasteiger partial charge in [-0.25, -0.2) is 0 Å². The van der Waals surface area contributed by atoms with Crippen LogP contribution < -0.4 is 16.2 Å². The Morgan fingerprint density at radius 1 is 1.08 bits per heavy atom. The molecule has 72 valence electrons. The fourth-order valence-electron chi connectivity index (χ4n) is 1.65. The SMILES string of the molecule is O=C1NNC(=O)C1N1CCNCC1. The Labute approximate surface area is 75.6 Å². The number of carbonyl (C=O) groups excluding carboxylic acids is 2. The van der Waals surface area contributed by atoms with Crippen LogP contribution >= 0.6 is 0 Å². The van der Waals surface area contributed by atoms with E-state index in [1.165, 1.54) is 0 Å². The first-order valence-corrected chi connectivity index (χ1v) is 4.33. The van der Waals surface area contributed by atoms with Gasteiger partial charge in [0.25, 0.3) is 11.8 Å². The molecule has 0 radical (unpaired) electrons. The maximum Gasteiger partial charge on any atom is 0.265 e. The predicted octanol–water partition coefficient (Wildman–Crippen LogP) is -2.58. The third kappa shape index (κ3) is 1.50. The van der Waals surface area contributed by atoms with E-state index in [0.29, 0.717) is 0 Å². The van der Waals surface area contributed by atoms with Crippen LogP contribution in [0.1, 0.15) is 0 Å². The Balaban J connectivity index is 2.05. The molecule has 2 rings (SSSR count). The standard InChI is InChI=1S/C7H12N4O2/c12-6-5(7(13)10-9-6)11-3-1-8-2-4-11/h5,8H,1-4H2,(H,9,12)(H,10,13). The molecule has 0 aromatic rings. The Bertz CT molecular complexity index is 221. The summed E-state index contributed by atoms with van der Waals surface area (Å²) >= 11 is 0. The molecule has 2 aliphatic rings. The highest BCUT2D eigenvalue weighted by Crippen LogP contribution is 2.04. The van der Waals surface area contributed by atoms with Crippen LogP contribution in [0.5, 0.6) is 0 Å². The minimum Gasteiger partial charge on any atom is -0.314 e. The zero-order valence-electron chi connectivity index (χ0n) is 7.17. The number of nitrogens with zero attached hydrogens (tertiary/aromatic N) is 1. The molecule has 0 aliphatic carbocycles. The molecule has 2 aliphatic heterocycles. The molecular weight excluding hydrogens is 172 g/mol. The summed E-state index contributed by atoms with van der Waals surface area (Å²) in [5, 5.41) is 3.16. The topological polar surface area (TPSA) is 73.5 Å². The van der Waals surface area contributed by atoms with Crippen molar-refractivity contribution >= 4 is 11.8 Å².